The summed E-state index contributed by atoms with van der Waals surface area (Å²) in [5, 5.41) is 29.1. The van der Waals surface area contributed by atoms with Crippen LogP contribution in [-0.4, -0.2) is 183 Å². The third kappa shape index (κ3) is 301. The number of ether oxygens (including phenoxy) is 1. The molecule has 0 aliphatic carbocycles. The number of piperazine rings is 1. The average molecular weight is 1710 g/mol. The minimum Gasteiger partial charge on any atom is -0.379 e. The molecule has 18 nitrogen and oxygen atoms in total. The molecule has 7 N–H and O–H groups in total. The van der Waals surface area contributed by atoms with E-state index in [1.165, 1.54) is 149 Å². The molecule has 8 aliphatic heterocycles. The van der Waals surface area contributed by atoms with Crippen LogP contribution in [0.5, 0.6) is 0 Å². The number of morpholine rings is 1. The Balaban J connectivity index is -0.0000000360. The number of hydrogen-bond acceptors (Lipinski definition) is 18. The zero-order chi connectivity index (χ0) is 98.5. The van der Waals surface area contributed by atoms with E-state index in [1.807, 2.05) is 375 Å². The Morgan fingerprint density at radius 2 is 0.479 bits per heavy atom. The van der Waals surface area contributed by atoms with E-state index in [9.17, 15) is 0 Å². The van der Waals surface area contributed by atoms with E-state index in [-0.39, 0.29) is 0 Å². The molecular weight excluding hydrogens is 1470 g/mol. The molecule has 0 spiro atoms. The number of nitrogens with zero attached hydrogens (tertiary/aromatic N) is 10. The molecule has 0 atom stereocenters. The highest BCUT2D eigenvalue weighted by Crippen LogP contribution is 1.98. The van der Waals surface area contributed by atoms with Crippen molar-refractivity contribution in [1.82, 2.24) is 82.1 Å². The van der Waals surface area contributed by atoms with Crippen molar-refractivity contribution in [3.05, 3.63) is 129 Å². The average Bonchev–Trinajstić information content (AvgIpc) is 1.75. The predicted octanol–water partition coefficient (Wildman–Crippen LogP) is 29.5. The molecule has 0 radical (unpaired) electrons. The van der Waals surface area contributed by atoms with Crippen molar-refractivity contribution in [2.45, 2.75) is 403 Å². The first-order valence-electron chi connectivity index (χ1n) is 50.0. The van der Waals surface area contributed by atoms with Crippen molar-refractivity contribution < 1.29 is 4.74 Å². The molecule has 0 bridgehead atoms. The molecule has 8 aliphatic rings. The standard InChI is InChI=1S/C6H14N2.2C5H11N.C5H7N.C5H5N.3C4H4N2.C4H9NO.2C4H9N.C3H6N2.24C2H6/c1-7-3-5-8(2)6-4-7;4*1-2-4-6-5-3-1;1-2-6-4-3-5-1;1-2-5-4-6-3-1;1-2-4-6-5-3-1;1-3-6-4-2-5-1;2*1-2-4-5-3-1;1-2-5-3-4-1;24*1-2/h3-6H2,1-2H3;2*6H,1-5H2;2-6H,1H2;1-5H;3*1-4H;5H,1-4H2;2*5H,1-4H2;3H,1-2H2,(H,4,5);24*1-2H3. The minimum atomic E-state index is 0.889. The van der Waals surface area contributed by atoms with Crippen LogP contribution >= 0.6 is 0 Å². The zero-order valence-electron chi connectivity index (χ0n) is 91.6. The van der Waals surface area contributed by atoms with Gasteiger partial charge in [0.2, 0.25) is 0 Å². The van der Waals surface area contributed by atoms with Crippen LogP contribution in [0.2, 0.25) is 0 Å². The molecule has 12 rings (SSSR count). The van der Waals surface area contributed by atoms with Gasteiger partial charge in [-0.1, -0.05) is 363 Å². The highest BCUT2D eigenvalue weighted by Gasteiger charge is 2.08. The van der Waals surface area contributed by atoms with Gasteiger partial charge in [0.25, 0.3) is 0 Å². The highest BCUT2D eigenvalue weighted by molar-refractivity contribution is 5.56. The summed E-state index contributed by atoms with van der Waals surface area (Å²) in [6.07, 6.45) is 43.0. The number of dihydropyridines is 1. The molecule has 0 aromatic carbocycles. The van der Waals surface area contributed by atoms with Gasteiger partial charge in [-0.15, -0.1) is 0 Å². The number of rotatable bonds is 0. The van der Waals surface area contributed by atoms with Gasteiger partial charge in [-0.05, 0) is 167 Å². The lowest BCUT2D eigenvalue weighted by Gasteiger charge is -2.28. The Morgan fingerprint density at radius 3 is 0.571 bits per heavy atom. The Hall–Kier alpha value is -5.18. The summed E-state index contributed by atoms with van der Waals surface area (Å²) in [5.41, 5.74) is 0. The summed E-state index contributed by atoms with van der Waals surface area (Å²) in [6.45, 7) is 117. The summed E-state index contributed by atoms with van der Waals surface area (Å²) >= 11 is 0. The van der Waals surface area contributed by atoms with Crippen LogP contribution in [0.3, 0.4) is 0 Å². The maximum atomic E-state index is 5.01. The van der Waals surface area contributed by atoms with E-state index in [4.69, 9.17) is 4.74 Å². The minimum absolute atomic E-state index is 0.889. The molecule has 6 fully saturated rings. The molecule has 732 valence electrons. The van der Waals surface area contributed by atoms with Crippen molar-refractivity contribution in [2.24, 2.45) is 4.99 Å². The summed E-state index contributed by atoms with van der Waals surface area (Å²) in [5.74, 6) is 0. The number of nitrogens with one attached hydrogen (secondary N) is 7. The number of piperidine rings is 2. The number of aliphatic imine (C=N–C) groups is 1. The molecule has 4 aromatic heterocycles. The lowest BCUT2D eigenvalue weighted by molar-refractivity contribution is 0.109. The molecule has 4 aromatic rings. The van der Waals surface area contributed by atoms with Crippen molar-refractivity contribution in [2.75, 3.05) is 132 Å². The van der Waals surface area contributed by atoms with Crippen LogP contribution in [0.1, 0.15) is 403 Å². The van der Waals surface area contributed by atoms with E-state index >= 15 is 0 Å². The largest absolute Gasteiger partial charge is 0.379 e. The summed E-state index contributed by atoms with van der Waals surface area (Å²) in [4.78, 5) is 27.1. The number of likely N-dealkylation sites (N-methyl/N-ethyl adjacent to an activating group) is 2. The molecule has 0 amide bonds. The Kier molecular flexibility index (Phi) is 463. The SMILES string of the molecule is C1=CNC=CC1.C1=NCCN1.C1CCNC1.C1CCNC1.C1CCNCC1.C1CCNCC1.C1COCCN1.CC.CC.CC.CC.CC.CC.CC.CC.CC.CC.CC.CC.CC.CC.CC.CC.CC.CC.CC.CC.CC.CC.CC.CC.CN1CCN(C)CC1.c1ccncc1.c1ccnnc1.c1cnccn1.c1cncnc1. The number of aromatic nitrogens is 7. The molecule has 119 heavy (non-hydrogen) atoms. The van der Waals surface area contributed by atoms with Gasteiger partial charge in [0.15, 0.2) is 0 Å². The first kappa shape index (κ1) is 180. The second kappa shape index (κ2) is 307. The van der Waals surface area contributed by atoms with Crippen LogP contribution in [0.25, 0.3) is 0 Å². The van der Waals surface area contributed by atoms with Gasteiger partial charge >= 0.3 is 0 Å². The topological polar surface area (TPSA) is 203 Å². The Morgan fingerprint density at radius 1 is 0.244 bits per heavy atom. The molecule has 12 heterocycles. The summed E-state index contributed by atoms with van der Waals surface area (Å²) in [6, 6.07) is 11.1. The number of hydrogen-bond donors (Lipinski definition) is 7. The fourth-order valence-electron chi connectivity index (χ4n) is 6.08. The third-order valence-electron chi connectivity index (χ3n) is 10.2. The first-order valence-corrected chi connectivity index (χ1v) is 50.0. The van der Waals surface area contributed by atoms with Gasteiger partial charge in [-0.25, -0.2) is 9.97 Å². The van der Waals surface area contributed by atoms with Crippen LogP contribution in [0.4, 0.5) is 0 Å². The van der Waals surface area contributed by atoms with E-state index in [0.717, 1.165) is 45.8 Å². The zero-order valence-corrected chi connectivity index (χ0v) is 91.6. The van der Waals surface area contributed by atoms with E-state index in [0.29, 0.717) is 0 Å². The summed E-state index contributed by atoms with van der Waals surface area (Å²) in [7, 11) is 4.35. The second-order valence-electron chi connectivity index (χ2n) is 16.4. The van der Waals surface area contributed by atoms with Gasteiger partial charge < -0.3 is 51.8 Å². The lowest BCUT2D eigenvalue weighted by atomic mass is 10.2. The number of pyridine rings is 1. The van der Waals surface area contributed by atoms with Gasteiger partial charge in [0, 0.05) is 108 Å². The molecule has 0 saturated carbocycles. The monoisotopic (exact) mass is 1700 g/mol. The first-order chi connectivity index (χ1) is 59.3. The fourth-order valence-corrected chi connectivity index (χ4v) is 6.08. The quantitative estimate of drug-likeness (QED) is 0.0875. The van der Waals surface area contributed by atoms with Gasteiger partial charge in [0.05, 0.1) is 26.1 Å². The van der Waals surface area contributed by atoms with Crippen molar-refractivity contribution >= 4 is 6.34 Å². The predicted molar refractivity (Wildman–Crippen MR) is 566 cm³/mol. The van der Waals surface area contributed by atoms with Crippen LogP contribution in [0, 0.1) is 0 Å². The highest BCUT2D eigenvalue weighted by atomic mass is 16.5. The molecule has 18 heteroatoms. The molecule has 6 saturated heterocycles. The maximum absolute atomic E-state index is 5.01. The van der Waals surface area contributed by atoms with E-state index < -0.39 is 0 Å². The lowest BCUT2D eigenvalue weighted by Crippen LogP contribution is -2.42. The second-order valence-corrected chi connectivity index (χ2v) is 16.4. The smallest absolute Gasteiger partial charge is 0.115 e. The van der Waals surface area contributed by atoms with Crippen molar-refractivity contribution in [1.29, 1.82) is 0 Å². The normalized spacial score (nSPS) is 11.9. The van der Waals surface area contributed by atoms with E-state index in [2.05, 4.69) is 113 Å². The Bertz CT molecular complexity index is 1250. The van der Waals surface area contributed by atoms with Crippen molar-refractivity contribution in [3.8, 4) is 0 Å². The van der Waals surface area contributed by atoms with Crippen LogP contribution in [-0.2, 0) is 4.74 Å². The Labute approximate surface area is 758 Å². The van der Waals surface area contributed by atoms with Crippen molar-refractivity contribution in [3.63, 3.8) is 0 Å². The fraction of sp³-hybridized carbons (Fsp3) is 0.782. The molecular formula is C101H237N17O. The van der Waals surface area contributed by atoms with Gasteiger partial charge in [0.1, 0.15) is 6.33 Å². The maximum Gasteiger partial charge on any atom is 0.115 e. The summed E-state index contributed by atoms with van der Waals surface area (Å²) < 4.78 is 5.01. The molecule has 0 unspecified atom stereocenters. The number of allylic oxidation sites excluding steroid dienone is 2. The van der Waals surface area contributed by atoms with Crippen LogP contribution < -0.4 is 37.2 Å². The van der Waals surface area contributed by atoms with Gasteiger partial charge in [-0.2, -0.15) is 10.2 Å². The third-order valence-corrected chi connectivity index (χ3v) is 10.2. The van der Waals surface area contributed by atoms with Gasteiger partial charge in [-0.3, -0.25) is 19.9 Å². The van der Waals surface area contributed by atoms with E-state index in [1.54, 1.807) is 74.4 Å². The van der Waals surface area contributed by atoms with Crippen LogP contribution in [0.15, 0.2) is 134 Å².